The quantitative estimate of drug-likeness (QED) is 0.617. The molecule has 0 bridgehead atoms. The molecule has 2 aromatic rings. The summed E-state index contributed by atoms with van der Waals surface area (Å²) in [6.07, 6.45) is 6.85. The molecule has 0 saturated carbocycles. The van der Waals surface area contributed by atoms with E-state index in [1.165, 1.54) is 17.4 Å². The number of rotatable bonds is 4. The summed E-state index contributed by atoms with van der Waals surface area (Å²) in [5.74, 6) is -0.177. The maximum absolute atomic E-state index is 11.7. The van der Waals surface area contributed by atoms with Crippen molar-refractivity contribution in [3.05, 3.63) is 57.9 Å². The van der Waals surface area contributed by atoms with Crippen molar-refractivity contribution in [3.8, 4) is 11.3 Å². The second-order valence-corrected chi connectivity index (χ2v) is 6.42. The molecule has 1 N–H and O–H groups in total. The second-order valence-electron chi connectivity index (χ2n) is 4.30. The molecule has 0 atom stereocenters. The number of anilines is 1. The minimum atomic E-state index is -0.177. The summed E-state index contributed by atoms with van der Waals surface area (Å²) in [4.78, 5) is 17.3. The molecule has 1 amide bonds. The Morgan fingerprint density at radius 1 is 1.29 bits per heavy atom. The molecule has 0 saturated heterocycles. The van der Waals surface area contributed by atoms with Crippen LogP contribution in [0.5, 0.6) is 0 Å². The molecule has 0 aliphatic carbocycles. The molecule has 3 nitrogen and oxygen atoms in total. The van der Waals surface area contributed by atoms with Crippen molar-refractivity contribution >= 4 is 38.3 Å². The lowest BCUT2D eigenvalue weighted by atomic mass is 10.1. The van der Waals surface area contributed by atoms with Gasteiger partial charge in [0.1, 0.15) is 0 Å². The van der Waals surface area contributed by atoms with E-state index in [4.69, 9.17) is 0 Å². The van der Waals surface area contributed by atoms with Gasteiger partial charge < -0.3 is 0 Å². The van der Waals surface area contributed by atoms with Gasteiger partial charge in [-0.1, -0.05) is 46.3 Å². The molecule has 0 aliphatic heterocycles. The average molecular weight is 363 g/mol. The lowest BCUT2D eigenvalue weighted by molar-refractivity contribution is -0.111. The molecular weight excluding hydrogens is 348 g/mol. The summed E-state index contributed by atoms with van der Waals surface area (Å²) in [6.45, 7) is 3.90. The highest BCUT2D eigenvalue weighted by Crippen LogP contribution is 2.30. The standard InChI is InChI=1S/C16H15BrN2OS/c1-3-4-5-6-14(20)18-16-19-15(11(2)21-16)12-7-9-13(17)10-8-12/h3-10H,1-2H3,(H,18,19,20). The zero-order valence-electron chi connectivity index (χ0n) is 11.8. The third-order valence-corrected chi connectivity index (χ3v) is 4.11. The van der Waals surface area contributed by atoms with Gasteiger partial charge in [0.25, 0.3) is 0 Å². The lowest BCUT2D eigenvalue weighted by Crippen LogP contribution is -2.07. The van der Waals surface area contributed by atoms with Gasteiger partial charge in [0.2, 0.25) is 5.91 Å². The van der Waals surface area contributed by atoms with Gasteiger partial charge in [-0.3, -0.25) is 10.1 Å². The predicted octanol–water partition coefficient (Wildman–Crippen LogP) is 4.95. The van der Waals surface area contributed by atoms with Gasteiger partial charge >= 0.3 is 0 Å². The van der Waals surface area contributed by atoms with Crippen molar-refractivity contribution in [2.24, 2.45) is 0 Å². The number of nitrogens with zero attached hydrogens (tertiary/aromatic N) is 1. The molecule has 0 radical (unpaired) electrons. The van der Waals surface area contributed by atoms with E-state index in [-0.39, 0.29) is 5.91 Å². The first-order valence-corrected chi connectivity index (χ1v) is 8.05. The third kappa shape index (κ3) is 4.37. The van der Waals surface area contributed by atoms with Crippen LogP contribution in [0.2, 0.25) is 0 Å². The molecule has 0 spiro atoms. The van der Waals surface area contributed by atoms with E-state index in [0.29, 0.717) is 5.13 Å². The summed E-state index contributed by atoms with van der Waals surface area (Å²) in [5, 5.41) is 3.39. The Kier molecular flexibility index (Phi) is 5.47. The van der Waals surface area contributed by atoms with Crippen molar-refractivity contribution in [2.75, 3.05) is 5.32 Å². The highest BCUT2D eigenvalue weighted by atomic mass is 79.9. The van der Waals surface area contributed by atoms with Crippen LogP contribution >= 0.6 is 27.3 Å². The number of halogens is 1. The Bertz CT molecular complexity index is 687. The molecule has 1 aromatic heterocycles. The Labute approximate surface area is 136 Å². The highest BCUT2D eigenvalue weighted by molar-refractivity contribution is 9.10. The molecule has 1 heterocycles. The fourth-order valence-electron chi connectivity index (χ4n) is 1.73. The van der Waals surface area contributed by atoms with Crippen LogP contribution in [0.1, 0.15) is 11.8 Å². The minimum absolute atomic E-state index is 0.177. The van der Waals surface area contributed by atoms with Gasteiger partial charge in [-0.25, -0.2) is 4.98 Å². The Hall–Kier alpha value is -1.72. The molecule has 0 fully saturated rings. The molecule has 108 valence electrons. The molecule has 21 heavy (non-hydrogen) atoms. The summed E-state index contributed by atoms with van der Waals surface area (Å²) < 4.78 is 1.03. The third-order valence-electron chi connectivity index (χ3n) is 2.70. The van der Waals surface area contributed by atoms with E-state index in [2.05, 4.69) is 26.2 Å². The molecule has 0 aliphatic rings. The first-order chi connectivity index (χ1) is 10.1. The summed E-state index contributed by atoms with van der Waals surface area (Å²) in [5.41, 5.74) is 1.94. The Morgan fingerprint density at radius 2 is 2.00 bits per heavy atom. The minimum Gasteiger partial charge on any atom is -0.298 e. The maximum Gasteiger partial charge on any atom is 0.250 e. The predicted molar refractivity (Wildman–Crippen MR) is 92.6 cm³/mol. The average Bonchev–Trinajstić information content (AvgIpc) is 2.80. The zero-order chi connectivity index (χ0) is 15.2. The maximum atomic E-state index is 11.7. The highest BCUT2D eigenvalue weighted by Gasteiger charge is 2.10. The number of carbonyl (C=O) groups excluding carboxylic acids is 1. The van der Waals surface area contributed by atoms with E-state index in [1.807, 2.05) is 44.2 Å². The Balaban J connectivity index is 2.15. The van der Waals surface area contributed by atoms with Gasteiger partial charge in [0.05, 0.1) is 5.69 Å². The zero-order valence-corrected chi connectivity index (χ0v) is 14.2. The Morgan fingerprint density at radius 3 is 2.67 bits per heavy atom. The van der Waals surface area contributed by atoms with Crippen molar-refractivity contribution < 1.29 is 4.79 Å². The second kappa shape index (κ2) is 7.33. The smallest absolute Gasteiger partial charge is 0.250 e. The van der Waals surface area contributed by atoms with Crippen LogP contribution in [0.25, 0.3) is 11.3 Å². The first kappa shape index (κ1) is 15.7. The van der Waals surface area contributed by atoms with E-state index < -0.39 is 0 Å². The van der Waals surface area contributed by atoms with Crippen LogP contribution in [0.4, 0.5) is 5.13 Å². The van der Waals surface area contributed by atoms with E-state index in [1.54, 1.807) is 12.2 Å². The van der Waals surface area contributed by atoms with Gasteiger partial charge in [0.15, 0.2) is 5.13 Å². The van der Waals surface area contributed by atoms with Crippen LogP contribution in [-0.4, -0.2) is 10.9 Å². The van der Waals surface area contributed by atoms with Crippen LogP contribution in [0.15, 0.2) is 53.0 Å². The van der Waals surface area contributed by atoms with Crippen molar-refractivity contribution in [1.29, 1.82) is 0 Å². The van der Waals surface area contributed by atoms with Crippen molar-refractivity contribution in [2.45, 2.75) is 13.8 Å². The number of nitrogens with one attached hydrogen (secondary N) is 1. The van der Waals surface area contributed by atoms with Crippen LogP contribution in [0.3, 0.4) is 0 Å². The van der Waals surface area contributed by atoms with Gasteiger partial charge in [-0.15, -0.1) is 11.3 Å². The summed E-state index contributed by atoms with van der Waals surface area (Å²) in [7, 11) is 0. The molecule has 5 heteroatoms. The van der Waals surface area contributed by atoms with E-state index >= 15 is 0 Å². The summed E-state index contributed by atoms with van der Waals surface area (Å²) >= 11 is 4.89. The number of hydrogen-bond acceptors (Lipinski definition) is 3. The normalized spacial score (nSPS) is 11.4. The molecule has 0 unspecified atom stereocenters. The number of aromatic nitrogens is 1. The molecule has 2 rings (SSSR count). The number of hydrogen-bond donors (Lipinski definition) is 1. The fourth-order valence-corrected chi connectivity index (χ4v) is 2.83. The number of allylic oxidation sites excluding steroid dienone is 3. The SMILES string of the molecule is CC=CC=CC(=O)Nc1nc(-c2ccc(Br)cc2)c(C)s1. The van der Waals surface area contributed by atoms with Gasteiger partial charge in [-0.2, -0.15) is 0 Å². The van der Waals surface area contributed by atoms with Gasteiger partial charge in [-0.05, 0) is 26.0 Å². The lowest BCUT2D eigenvalue weighted by Gasteiger charge is -1.98. The number of amides is 1. The van der Waals surface area contributed by atoms with Gasteiger partial charge in [0, 0.05) is 21.0 Å². The van der Waals surface area contributed by atoms with Crippen LogP contribution < -0.4 is 5.32 Å². The van der Waals surface area contributed by atoms with Crippen LogP contribution in [-0.2, 0) is 4.79 Å². The van der Waals surface area contributed by atoms with E-state index in [0.717, 1.165) is 20.6 Å². The van der Waals surface area contributed by atoms with Crippen molar-refractivity contribution in [3.63, 3.8) is 0 Å². The number of benzene rings is 1. The van der Waals surface area contributed by atoms with Crippen LogP contribution in [0, 0.1) is 6.92 Å². The van der Waals surface area contributed by atoms with E-state index in [9.17, 15) is 4.79 Å². The first-order valence-electron chi connectivity index (χ1n) is 6.44. The summed E-state index contributed by atoms with van der Waals surface area (Å²) in [6, 6.07) is 7.96. The largest absolute Gasteiger partial charge is 0.298 e. The fraction of sp³-hybridized carbons (Fsp3) is 0.125. The topological polar surface area (TPSA) is 42.0 Å². The molecular formula is C16H15BrN2OS. The number of carbonyl (C=O) groups is 1. The molecule has 1 aromatic carbocycles. The number of thiazole rings is 1. The van der Waals surface area contributed by atoms with Crippen molar-refractivity contribution in [1.82, 2.24) is 4.98 Å². The number of aryl methyl sites for hydroxylation is 1. The monoisotopic (exact) mass is 362 g/mol.